The van der Waals surface area contributed by atoms with Crippen LogP contribution in [0.2, 0.25) is 0 Å². The van der Waals surface area contributed by atoms with E-state index in [0.717, 1.165) is 0 Å². The van der Waals surface area contributed by atoms with Crippen molar-refractivity contribution in [2.24, 2.45) is 0 Å². The molecule has 2 aromatic carbocycles. The van der Waals surface area contributed by atoms with E-state index in [-0.39, 0.29) is 11.4 Å². The molecule has 0 saturated carbocycles. The van der Waals surface area contributed by atoms with Gasteiger partial charge in [-0.1, -0.05) is 15.9 Å². The van der Waals surface area contributed by atoms with Gasteiger partial charge in [0.25, 0.3) is 0 Å². The number of rotatable bonds is 2. The van der Waals surface area contributed by atoms with Crippen LogP contribution in [-0.2, 0) is 0 Å². The molecule has 0 atom stereocenters. The Morgan fingerprint density at radius 3 is 2.75 bits per heavy atom. The molecule has 0 radical (unpaired) electrons. The first-order chi connectivity index (χ1) is 9.56. The van der Waals surface area contributed by atoms with Crippen LogP contribution in [0.25, 0.3) is 16.7 Å². The molecular formula is C14H8BrFN2O2. The first kappa shape index (κ1) is 12.8. The van der Waals surface area contributed by atoms with E-state index in [4.69, 9.17) is 5.11 Å². The highest BCUT2D eigenvalue weighted by Gasteiger charge is 2.11. The van der Waals surface area contributed by atoms with Crippen molar-refractivity contribution in [3.63, 3.8) is 0 Å². The Bertz CT molecular complexity index is 829. The standard InChI is InChI=1S/C14H8BrFN2O2/c15-9-2-4-12(10(16)6-9)18-7-17-11-5-8(14(19)20)1-3-13(11)18/h1-7H,(H,19,20). The van der Waals surface area contributed by atoms with Gasteiger partial charge in [0.05, 0.1) is 22.3 Å². The monoisotopic (exact) mass is 334 g/mol. The maximum absolute atomic E-state index is 14.0. The number of benzene rings is 2. The lowest BCUT2D eigenvalue weighted by atomic mass is 10.2. The van der Waals surface area contributed by atoms with Crippen molar-refractivity contribution in [2.45, 2.75) is 0 Å². The third-order valence-corrected chi connectivity index (χ3v) is 3.46. The first-order valence-corrected chi connectivity index (χ1v) is 6.51. The summed E-state index contributed by atoms with van der Waals surface area (Å²) in [7, 11) is 0. The predicted octanol–water partition coefficient (Wildman–Crippen LogP) is 3.63. The molecule has 0 aliphatic carbocycles. The molecule has 6 heteroatoms. The number of aromatic nitrogens is 2. The molecule has 0 aliphatic heterocycles. The lowest BCUT2D eigenvalue weighted by Crippen LogP contribution is -1.98. The number of imidazole rings is 1. The van der Waals surface area contributed by atoms with Crippen molar-refractivity contribution >= 4 is 32.9 Å². The van der Waals surface area contributed by atoms with Gasteiger partial charge in [0.1, 0.15) is 12.1 Å². The maximum Gasteiger partial charge on any atom is 0.335 e. The van der Waals surface area contributed by atoms with E-state index in [1.54, 1.807) is 22.8 Å². The van der Waals surface area contributed by atoms with Crippen LogP contribution in [0.5, 0.6) is 0 Å². The summed E-state index contributed by atoms with van der Waals surface area (Å²) in [6.45, 7) is 0. The SMILES string of the molecule is O=C(O)c1ccc2c(c1)ncn2-c1ccc(Br)cc1F. The van der Waals surface area contributed by atoms with Gasteiger partial charge in [0, 0.05) is 4.47 Å². The fraction of sp³-hybridized carbons (Fsp3) is 0. The Morgan fingerprint density at radius 2 is 2.05 bits per heavy atom. The zero-order valence-corrected chi connectivity index (χ0v) is 11.6. The van der Waals surface area contributed by atoms with E-state index >= 15 is 0 Å². The van der Waals surface area contributed by atoms with Crippen LogP contribution in [0.15, 0.2) is 47.2 Å². The van der Waals surface area contributed by atoms with E-state index in [2.05, 4.69) is 20.9 Å². The molecule has 4 nitrogen and oxygen atoms in total. The maximum atomic E-state index is 14.0. The molecule has 0 aliphatic rings. The highest BCUT2D eigenvalue weighted by Crippen LogP contribution is 2.23. The van der Waals surface area contributed by atoms with Gasteiger partial charge >= 0.3 is 5.97 Å². The predicted molar refractivity (Wildman–Crippen MR) is 75.7 cm³/mol. The van der Waals surface area contributed by atoms with Crippen molar-refractivity contribution < 1.29 is 14.3 Å². The third kappa shape index (κ3) is 2.08. The van der Waals surface area contributed by atoms with Crippen LogP contribution in [0.3, 0.4) is 0 Å². The van der Waals surface area contributed by atoms with Crippen LogP contribution in [0.4, 0.5) is 4.39 Å². The van der Waals surface area contributed by atoms with Crippen molar-refractivity contribution in [3.8, 4) is 5.69 Å². The van der Waals surface area contributed by atoms with Crippen molar-refractivity contribution in [2.75, 3.05) is 0 Å². The highest BCUT2D eigenvalue weighted by molar-refractivity contribution is 9.10. The summed E-state index contributed by atoms with van der Waals surface area (Å²) in [6.07, 6.45) is 1.47. The van der Waals surface area contributed by atoms with Crippen molar-refractivity contribution in [1.29, 1.82) is 0 Å². The molecule has 3 rings (SSSR count). The van der Waals surface area contributed by atoms with E-state index in [0.29, 0.717) is 21.2 Å². The van der Waals surface area contributed by atoms with Gasteiger partial charge in [-0.15, -0.1) is 0 Å². The number of halogens is 2. The van der Waals surface area contributed by atoms with Gasteiger partial charge in [-0.3, -0.25) is 4.57 Å². The molecule has 0 unspecified atom stereocenters. The zero-order valence-electron chi connectivity index (χ0n) is 10.0. The number of carboxylic acid groups (broad SMARTS) is 1. The second-order valence-corrected chi connectivity index (χ2v) is 5.13. The summed E-state index contributed by atoms with van der Waals surface area (Å²) < 4.78 is 16.2. The third-order valence-electron chi connectivity index (χ3n) is 2.96. The molecule has 1 N–H and O–H groups in total. The Morgan fingerprint density at radius 1 is 1.25 bits per heavy atom. The largest absolute Gasteiger partial charge is 0.478 e. The summed E-state index contributed by atoms with van der Waals surface area (Å²) in [4.78, 5) is 15.0. The summed E-state index contributed by atoms with van der Waals surface area (Å²) >= 11 is 3.20. The van der Waals surface area contributed by atoms with Crippen LogP contribution >= 0.6 is 15.9 Å². The van der Waals surface area contributed by atoms with E-state index in [1.165, 1.54) is 24.5 Å². The molecule has 100 valence electrons. The number of hydrogen-bond acceptors (Lipinski definition) is 2. The minimum Gasteiger partial charge on any atom is -0.478 e. The second-order valence-electron chi connectivity index (χ2n) is 4.22. The molecule has 0 spiro atoms. The minimum atomic E-state index is -1.02. The quantitative estimate of drug-likeness (QED) is 0.778. The zero-order chi connectivity index (χ0) is 14.3. The minimum absolute atomic E-state index is 0.152. The van der Waals surface area contributed by atoms with Gasteiger partial charge in [-0.2, -0.15) is 0 Å². The second kappa shape index (κ2) is 4.72. The van der Waals surface area contributed by atoms with Gasteiger partial charge in [0.15, 0.2) is 0 Å². The summed E-state index contributed by atoms with van der Waals surface area (Å²) in [5.74, 6) is -1.41. The molecule has 3 aromatic rings. The molecular weight excluding hydrogens is 327 g/mol. The topological polar surface area (TPSA) is 55.1 Å². The highest BCUT2D eigenvalue weighted by atomic mass is 79.9. The summed E-state index contributed by atoms with van der Waals surface area (Å²) in [6, 6.07) is 9.28. The molecule has 0 fully saturated rings. The number of carbonyl (C=O) groups is 1. The molecule has 1 aromatic heterocycles. The number of carboxylic acids is 1. The fourth-order valence-electron chi connectivity index (χ4n) is 2.01. The number of aromatic carboxylic acids is 1. The molecule has 0 amide bonds. The van der Waals surface area contributed by atoms with Gasteiger partial charge in [-0.05, 0) is 36.4 Å². The molecule has 20 heavy (non-hydrogen) atoms. The van der Waals surface area contributed by atoms with Gasteiger partial charge < -0.3 is 5.11 Å². The summed E-state index contributed by atoms with van der Waals surface area (Å²) in [5.41, 5.74) is 1.67. The van der Waals surface area contributed by atoms with Crippen molar-refractivity contribution in [1.82, 2.24) is 9.55 Å². The van der Waals surface area contributed by atoms with Crippen LogP contribution in [0.1, 0.15) is 10.4 Å². The molecule has 0 bridgehead atoms. The summed E-state index contributed by atoms with van der Waals surface area (Å²) in [5, 5.41) is 8.94. The van der Waals surface area contributed by atoms with Crippen LogP contribution in [-0.4, -0.2) is 20.6 Å². The Kier molecular flexibility index (Phi) is 3.02. The van der Waals surface area contributed by atoms with E-state index < -0.39 is 5.97 Å². The van der Waals surface area contributed by atoms with Crippen LogP contribution in [0, 0.1) is 5.82 Å². The molecule has 0 saturated heterocycles. The number of nitrogens with zero attached hydrogens (tertiary/aromatic N) is 2. The smallest absolute Gasteiger partial charge is 0.335 e. The average Bonchev–Trinajstić information content (AvgIpc) is 2.81. The van der Waals surface area contributed by atoms with E-state index in [9.17, 15) is 9.18 Å². The number of fused-ring (bicyclic) bond motifs is 1. The number of hydrogen-bond donors (Lipinski definition) is 1. The average molecular weight is 335 g/mol. The fourth-order valence-corrected chi connectivity index (χ4v) is 2.35. The van der Waals surface area contributed by atoms with Gasteiger partial charge in [0.2, 0.25) is 0 Å². The lowest BCUT2D eigenvalue weighted by molar-refractivity contribution is 0.0697. The Hall–Kier alpha value is -2.21. The van der Waals surface area contributed by atoms with Crippen LogP contribution < -0.4 is 0 Å². The molecule has 1 heterocycles. The Labute approximate surface area is 121 Å². The van der Waals surface area contributed by atoms with Gasteiger partial charge in [-0.25, -0.2) is 14.2 Å². The lowest BCUT2D eigenvalue weighted by Gasteiger charge is -2.06. The normalized spacial score (nSPS) is 10.9. The Balaban J connectivity index is 2.20. The van der Waals surface area contributed by atoms with E-state index in [1.807, 2.05) is 0 Å². The van der Waals surface area contributed by atoms with Crippen molar-refractivity contribution in [3.05, 3.63) is 58.6 Å². The first-order valence-electron chi connectivity index (χ1n) is 5.72.